The lowest BCUT2D eigenvalue weighted by Gasteiger charge is -2.09. The van der Waals surface area contributed by atoms with Crippen molar-refractivity contribution in [2.75, 3.05) is 10.6 Å². The molecule has 0 saturated carbocycles. The van der Waals surface area contributed by atoms with Gasteiger partial charge in [0, 0.05) is 35.3 Å². The van der Waals surface area contributed by atoms with E-state index in [0.717, 1.165) is 22.5 Å². The molecule has 0 aliphatic carbocycles. The molecule has 0 spiro atoms. The monoisotopic (exact) mass is 351 g/mol. The van der Waals surface area contributed by atoms with Gasteiger partial charge in [0.25, 0.3) is 0 Å². The topological polar surface area (TPSA) is 54.0 Å². The van der Waals surface area contributed by atoms with Gasteiger partial charge < -0.3 is 10.6 Å². The average molecular weight is 352 g/mol. The first-order valence-corrected chi connectivity index (χ1v) is 8.34. The zero-order valence-corrected chi connectivity index (χ0v) is 14.3. The van der Waals surface area contributed by atoms with Crippen molar-refractivity contribution in [2.45, 2.75) is 13.0 Å². The Kier molecular flexibility index (Phi) is 5.65. The van der Waals surface area contributed by atoms with Crippen LogP contribution in [0.5, 0.6) is 0 Å². The predicted molar refractivity (Wildman–Crippen MR) is 102 cm³/mol. The molecule has 0 aliphatic rings. The van der Waals surface area contributed by atoms with Crippen LogP contribution >= 0.6 is 11.6 Å². The summed E-state index contributed by atoms with van der Waals surface area (Å²) in [6, 6.07) is 18.8. The van der Waals surface area contributed by atoms with Gasteiger partial charge in [-0.2, -0.15) is 0 Å². The maximum Gasteiger partial charge on any atom is 0.228 e. The number of carbonyl (C=O) groups excluding carboxylic acids is 1. The van der Waals surface area contributed by atoms with Gasteiger partial charge in [0.15, 0.2) is 0 Å². The Balaban J connectivity index is 1.51. The van der Waals surface area contributed by atoms with Gasteiger partial charge in [-0.1, -0.05) is 29.8 Å². The van der Waals surface area contributed by atoms with Crippen LogP contribution in [0.25, 0.3) is 0 Å². The summed E-state index contributed by atoms with van der Waals surface area (Å²) in [7, 11) is 0. The molecule has 5 heteroatoms. The molecular weight excluding hydrogens is 334 g/mol. The zero-order valence-electron chi connectivity index (χ0n) is 13.6. The fraction of sp³-hybridized carbons (Fsp3) is 0.100. The molecule has 3 aromatic rings. The molecule has 3 rings (SSSR count). The molecule has 0 atom stereocenters. The smallest absolute Gasteiger partial charge is 0.228 e. The number of amides is 1. The van der Waals surface area contributed by atoms with Crippen LogP contribution in [0.1, 0.15) is 11.1 Å². The molecule has 25 heavy (non-hydrogen) atoms. The van der Waals surface area contributed by atoms with Crippen LogP contribution in [0.15, 0.2) is 73.1 Å². The standard InChI is InChI=1S/C20H18ClN3O/c21-17-5-3-15(4-6-17)12-20(25)24-19-9-7-18(8-10-19)23-14-16-2-1-11-22-13-16/h1-11,13,23H,12,14H2,(H,24,25). The highest BCUT2D eigenvalue weighted by molar-refractivity contribution is 6.30. The Morgan fingerprint density at radius 3 is 2.32 bits per heavy atom. The number of benzene rings is 2. The fourth-order valence-corrected chi connectivity index (χ4v) is 2.50. The van der Waals surface area contributed by atoms with Gasteiger partial charge in [-0.25, -0.2) is 0 Å². The van der Waals surface area contributed by atoms with E-state index in [9.17, 15) is 4.79 Å². The Bertz CT molecular complexity index is 818. The molecule has 2 N–H and O–H groups in total. The van der Waals surface area contributed by atoms with Crippen molar-refractivity contribution in [3.63, 3.8) is 0 Å². The third-order valence-corrected chi connectivity index (χ3v) is 3.92. The highest BCUT2D eigenvalue weighted by Gasteiger charge is 2.04. The predicted octanol–water partition coefficient (Wildman–Crippen LogP) is 4.53. The van der Waals surface area contributed by atoms with Gasteiger partial charge >= 0.3 is 0 Å². The van der Waals surface area contributed by atoms with E-state index < -0.39 is 0 Å². The number of nitrogens with one attached hydrogen (secondary N) is 2. The number of hydrogen-bond donors (Lipinski definition) is 2. The van der Waals surface area contributed by atoms with Crippen molar-refractivity contribution in [1.29, 1.82) is 0 Å². The number of hydrogen-bond acceptors (Lipinski definition) is 3. The van der Waals surface area contributed by atoms with E-state index in [1.807, 2.05) is 54.7 Å². The van der Waals surface area contributed by atoms with Crippen LogP contribution in [0, 0.1) is 0 Å². The van der Waals surface area contributed by atoms with Crippen molar-refractivity contribution in [2.24, 2.45) is 0 Å². The van der Waals surface area contributed by atoms with Gasteiger partial charge in [0.2, 0.25) is 5.91 Å². The molecule has 2 aromatic carbocycles. The lowest BCUT2D eigenvalue weighted by molar-refractivity contribution is -0.115. The highest BCUT2D eigenvalue weighted by Crippen LogP contribution is 2.15. The lowest BCUT2D eigenvalue weighted by atomic mass is 10.1. The summed E-state index contributed by atoms with van der Waals surface area (Å²) >= 11 is 5.85. The van der Waals surface area contributed by atoms with Gasteiger partial charge in [-0.15, -0.1) is 0 Å². The van der Waals surface area contributed by atoms with E-state index in [-0.39, 0.29) is 5.91 Å². The van der Waals surface area contributed by atoms with E-state index in [4.69, 9.17) is 11.6 Å². The van der Waals surface area contributed by atoms with Gasteiger partial charge in [0.1, 0.15) is 0 Å². The molecular formula is C20H18ClN3O. The minimum Gasteiger partial charge on any atom is -0.381 e. The van der Waals surface area contributed by atoms with Crippen LogP contribution in [-0.2, 0) is 17.8 Å². The number of aromatic nitrogens is 1. The molecule has 0 aliphatic heterocycles. The van der Waals surface area contributed by atoms with Crippen molar-refractivity contribution in [3.8, 4) is 0 Å². The van der Waals surface area contributed by atoms with Crippen molar-refractivity contribution in [3.05, 3.63) is 89.2 Å². The van der Waals surface area contributed by atoms with Gasteiger partial charge in [-0.3, -0.25) is 9.78 Å². The molecule has 0 saturated heterocycles. The van der Waals surface area contributed by atoms with Crippen LogP contribution in [0.3, 0.4) is 0 Å². The summed E-state index contributed by atoms with van der Waals surface area (Å²) in [4.78, 5) is 16.2. The molecule has 1 aromatic heterocycles. The SMILES string of the molecule is O=C(Cc1ccc(Cl)cc1)Nc1ccc(NCc2cccnc2)cc1. The fourth-order valence-electron chi connectivity index (χ4n) is 2.37. The van der Waals surface area contributed by atoms with Crippen molar-refractivity contribution < 1.29 is 4.79 Å². The van der Waals surface area contributed by atoms with Crippen LogP contribution < -0.4 is 10.6 Å². The molecule has 0 bridgehead atoms. The van der Waals surface area contributed by atoms with Gasteiger partial charge in [-0.05, 0) is 53.6 Å². The Hall–Kier alpha value is -2.85. The minimum atomic E-state index is -0.0570. The van der Waals surface area contributed by atoms with Crippen LogP contribution in [0.2, 0.25) is 5.02 Å². The van der Waals surface area contributed by atoms with E-state index >= 15 is 0 Å². The Labute approximate surface area is 151 Å². The first kappa shape index (κ1) is 17.0. The second-order valence-electron chi connectivity index (χ2n) is 5.64. The number of pyridine rings is 1. The summed E-state index contributed by atoms with van der Waals surface area (Å²) in [6.07, 6.45) is 3.90. The zero-order chi connectivity index (χ0) is 17.5. The molecule has 1 heterocycles. The first-order valence-electron chi connectivity index (χ1n) is 7.96. The summed E-state index contributed by atoms with van der Waals surface area (Å²) in [5.74, 6) is -0.0570. The average Bonchev–Trinajstić information content (AvgIpc) is 2.64. The third-order valence-electron chi connectivity index (χ3n) is 3.67. The highest BCUT2D eigenvalue weighted by atomic mass is 35.5. The third kappa shape index (κ3) is 5.33. The largest absolute Gasteiger partial charge is 0.381 e. The maximum atomic E-state index is 12.1. The number of anilines is 2. The first-order chi connectivity index (χ1) is 12.2. The second kappa shape index (κ2) is 8.31. The Morgan fingerprint density at radius 1 is 0.920 bits per heavy atom. The molecule has 126 valence electrons. The molecule has 1 amide bonds. The van der Waals surface area contributed by atoms with E-state index in [2.05, 4.69) is 15.6 Å². The number of halogens is 1. The summed E-state index contributed by atoms with van der Waals surface area (Å²) in [5, 5.41) is 6.88. The maximum absolute atomic E-state index is 12.1. The van der Waals surface area contributed by atoms with E-state index in [0.29, 0.717) is 18.0 Å². The molecule has 4 nitrogen and oxygen atoms in total. The number of rotatable bonds is 6. The molecule has 0 radical (unpaired) electrons. The number of carbonyl (C=O) groups is 1. The summed E-state index contributed by atoms with van der Waals surface area (Å²) < 4.78 is 0. The van der Waals surface area contributed by atoms with Crippen molar-refractivity contribution in [1.82, 2.24) is 4.98 Å². The van der Waals surface area contributed by atoms with Gasteiger partial charge in [0.05, 0.1) is 6.42 Å². The quantitative estimate of drug-likeness (QED) is 0.686. The van der Waals surface area contributed by atoms with Crippen LogP contribution in [-0.4, -0.2) is 10.9 Å². The second-order valence-corrected chi connectivity index (χ2v) is 6.08. The van der Waals surface area contributed by atoms with E-state index in [1.54, 1.807) is 18.3 Å². The number of nitrogens with zero attached hydrogens (tertiary/aromatic N) is 1. The van der Waals surface area contributed by atoms with E-state index in [1.165, 1.54) is 0 Å². The molecule has 0 unspecified atom stereocenters. The normalized spacial score (nSPS) is 10.3. The minimum absolute atomic E-state index is 0.0570. The summed E-state index contributed by atoms with van der Waals surface area (Å²) in [5.41, 5.74) is 3.80. The van der Waals surface area contributed by atoms with Crippen LogP contribution in [0.4, 0.5) is 11.4 Å². The lowest BCUT2D eigenvalue weighted by Crippen LogP contribution is -2.14. The molecule has 0 fully saturated rings. The summed E-state index contributed by atoms with van der Waals surface area (Å²) in [6.45, 7) is 0.704. The van der Waals surface area contributed by atoms with Crippen molar-refractivity contribution >= 4 is 28.9 Å². The Morgan fingerprint density at radius 2 is 1.64 bits per heavy atom.